The number of nitrogens with zero attached hydrogens (tertiary/aromatic N) is 3. The molecule has 0 radical (unpaired) electrons. The van der Waals surface area contributed by atoms with Crippen LogP contribution >= 0.6 is 23.5 Å². The van der Waals surface area contributed by atoms with Crippen LogP contribution in [0.2, 0.25) is 0 Å². The summed E-state index contributed by atoms with van der Waals surface area (Å²) in [5.41, 5.74) is 4.66. The van der Waals surface area contributed by atoms with Crippen LogP contribution in [0, 0.1) is 13.8 Å². The number of nitrogens with one attached hydrogen (secondary N) is 1. The number of amides is 1. The lowest BCUT2D eigenvalue weighted by atomic mass is 10.2. The van der Waals surface area contributed by atoms with Gasteiger partial charge in [-0.05, 0) is 43.7 Å². The van der Waals surface area contributed by atoms with Crippen LogP contribution in [0.15, 0.2) is 88.9 Å². The lowest BCUT2D eigenvalue weighted by Gasteiger charge is -2.11. The van der Waals surface area contributed by atoms with Gasteiger partial charge in [0.2, 0.25) is 5.91 Å². The molecular weight excluding hydrogens is 448 g/mol. The number of hydrogen-bond acceptors (Lipinski definition) is 5. The van der Waals surface area contributed by atoms with E-state index in [0.717, 1.165) is 21.5 Å². The Morgan fingerprint density at radius 3 is 2.42 bits per heavy atom. The number of carbonyl (C=O) groups excluding carboxylic acids is 1. The minimum atomic E-state index is -0.0312. The Kier molecular flexibility index (Phi) is 7.86. The summed E-state index contributed by atoms with van der Waals surface area (Å²) in [6, 6.07) is 26.7. The molecule has 0 aliphatic heterocycles. The minimum absolute atomic E-state index is 0.0312. The summed E-state index contributed by atoms with van der Waals surface area (Å²) < 4.78 is 2.03. The first-order valence-electron chi connectivity index (χ1n) is 10.7. The second-order valence-corrected chi connectivity index (χ2v) is 9.72. The highest BCUT2D eigenvalue weighted by Crippen LogP contribution is 2.26. The summed E-state index contributed by atoms with van der Waals surface area (Å²) in [5.74, 6) is 1.84. The molecule has 1 heterocycles. The van der Waals surface area contributed by atoms with Gasteiger partial charge in [0.25, 0.3) is 0 Å². The van der Waals surface area contributed by atoms with E-state index in [4.69, 9.17) is 0 Å². The molecule has 0 bridgehead atoms. The maximum atomic E-state index is 12.4. The maximum absolute atomic E-state index is 12.4. The van der Waals surface area contributed by atoms with Gasteiger partial charge >= 0.3 is 0 Å². The molecule has 1 amide bonds. The quantitative estimate of drug-likeness (QED) is 0.321. The third-order valence-electron chi connectivity index (χ3n) is 5.00. The molecule has 0 aliphatic rings. The van der Waals surface area contributed by atoms with Gasteiger partial charge in [0, 0.05) is 16.3 Å². The molecular formula is C26H26N4OS2. The normalized spacial score (nSPS) is 10.8. The van der Waals surface area contributed by atoms with Crippen molar-refractivity contribution in [3.8, 4) is 5.69 Å². The Labute approximate surface area is 203 Å². The zero-order valence-electron chi connectivity index (χ0n) is 18.7. The first-order chi connectivity index (χ1) is 16.1. The molecule has 1 aromatic heterocycles. The third-order valence-corrected chi connectivity index (χ3v) is 7.01. The van der Waals surface area contributed by atoms with Crippen LogP contribution in [-0.2, 0) is 17.1 Å². The van der Waals surface area contributed by atoms with Crippen molar-refractivity contribution in [2.75, 3.05) is 5.75 Å². The van der Waals surface area contributed by atoms with Gasteiger partial charge in [0.05, 0.1) is 12.3 Å². The van der Waals surface area contributed by atoms with Crippen LogP contribution < -0.4 is 5.32 Å². The van der Waals surface area contributed by atoms with Gasteiger partial charge in [-0.3, -0.25) is 9.36 Å². The summed E-state index contributed by atoms with van der Waals surface area (Å²) in [4.78, 5) is 13.5. The van der Waals surface area contributed by atoms with E-state index in [9.17, 15) is 4.79 Å². The van der Waals surface area contributed by atoms with Gasteiger partial charge in [-0.25, -0.2) is 0 Å². The second kappa shape index (κ2) is 11.2. The fraction of sp³-hybridized carbons (Fsp3) is 0.192. The number of thioether (sulfide) groups is 2. The van der Waals surface area contributed by atoms with E-state index in [0.29, 0.717) is 18.1 Å². The molecule has 5 nitrogen and oxygen atoms in total. The summed E-state index contributed by atoms with van der Waals surface area (Å²) in [7, 11) is 0. The van der Waals surface area contributed by atoms with Crippen LogP contribution in [0.5, 0.6) is 0 Å². The number of benzene rings is 3. The number of hydrogen-bond donors (Lipinski definition) is 1. The highest BCUT2D eigenvalue weighted by Gasteiger charge is 2.16. The smallest absolute Gasteiger partial charge is 0.230 e. The molecule has 1 N–H and O–H groups in total. The zero-order chi connectivity index (χ0) is 23.0. The number of carbonyl (C=O) groups is 1. The Balaban J connectivity index is 1.47. The van der Waals surface area contributed by atoms with Crippen molar-refractivity contribution in [1.29, 1.82) is 0 Å². The van der Waals surface area contributed by atoms with Gasteiger partial charge in [0.1, 0.15) is 0 Å². The van der Waals surface area contributed by atoms with E-state index < -0.39 is 0 Å². The number of aromatic nitrogens is 3. The van der Waals surface area contributed by atoms with Gasteiger partial charge < -0.3 is 5.32 Å². The van der Waals surface area contributed by atoms with E-state index in [1.165, 1.54) is 28.5 Å². The lowest BCUT2D eigenvalue weighted by molar-refractivity contribution is -0.118. The summed E-state index contributed by atoms with van der Waals surface area (Å²) in [6.07, 6.45) is 0. The van der Waals surface area contributed by atoms with Crippen LogP contribution in [0.3, 0.4) is 0 Å². The monoisotopic (exact) mass is 474 g/mol. The molecule has 0 saturated carbocycles. The van der Waals surface area contributed by atoms with Crippen molar-refractivity contribution in [3.05, 3.63) is 101 Å². The van der Waals surface area contributed by atoms with Gasteiger partial charge in [-0.2, -0.15) is 0 Å². The van der Waals surface area contributed by atoms with Crippen molar-refractivity contribution in [2.24, 2.45) is 0 Å². The van der Waals surface area contributed by atoms with Gasteiger partial charge in [-0.15, -0.1) is 22.0 Å². The number of rotatable bonds is 9. The fourth-order valence-electron chi connectivity index (χ4n) is 3.31. The molecule has 0 fully saturated rings. The predicted molar refractivity (Wildman–Crippen MR) is 136 cm³/mol. The van der Waals surface area contributed by atoms with Gasteiger partial charge in [0.15, 0.2) is 11.0 Å². The van der Waals surface area contributed by atoms with Gasteiger partial charge in [-0.1, -0.05) is 77.5 Å². The number of aryl methyl sites for hydroxylation is 2. The summed E-state index contributed by atoms with van der Waals surface area (Å²) in [5, 5.41) is 12.7. The third kappa shape index (κ3) is 6.49. The SMILES string of the molecule is Cc1ccc(-n2c(CNC(=O)CSc3ccccc3)nnc2SCc2cccc(C)c2)cc1. The maximum Gasteiger partial charge on any atom is 0.230 e. The van der Waals surface area contributed by atoms with Crippen LogP contribution in [0.25, 0.3) is 5.69 Å². The van der Waals surface area contributed by atoms with E-state index in [1.54, 1.807) is 11.8 Å². The summed E-state index contributed by atoms with van der Waals surface area (Å²) in [6.45, 7) is 4.48. The van der Waals surface area contributed by atoms with Crippen molar-refractivity contribution >= 4 is 29.4 Å². The Hall–Kier alpha value is -3.03. The highest BCUT2D eigenvalue weighted by atomic mass is 32.2. The van der Waals surface area contributed by atoms with Crippen molar-refractivity contribution in [2.45, 2.75) is 36.2 Å². The highest BCUT2D eigenvalue weighted by molar-refractivity contribution is 8.00. The average molecular weight is 475 g/mol. The van der Waals surface area contributed by atoms with Crippen molar-refractivity contribution in [1.82, 2.24) is 20.1 Å². The topological polar surface area (TPSA) is 59.8 Å². The average Bonchev–Trinajstić information content (AvgIpc) is 3.24. The molecule has 3 aromatic carbocycles. The Morgan fingerprint density at radius 2 is 1.67 bits per heavy atom. The van der Waals surface area contributed by atoms with Crippen LogP contribution in [0.4, 0.5) is 0 Å². The molecule has 4 aromatic rings. The van der Waals surface area contributed by atoms with Crippen molar-refractivity contribution in [3.63, 3.8) is 0 Å². The fourth-order valence-corrected chi connectivity index (χ4v) is 4.97. The van der Waals surface area contributed by atoms with Crippen LogP contribution in [-0.4, -0.2) is 26.4 Å². The molecule has 168 valence electrons. The molecule has 0 aliphatic carbocycles. The van der Waals surface area contributed by atoms with E-state index >= 15 is 0 Å². The molecule has 4 rings (SSSR count). The molecule has 33 heavy (non-hydrogen) atoms. The molecule has 0 saturated heterocycles. The summed E-state index contributed by atoms with van der Waals surface area (Å²) >= 11 is 3.16. The lowest BCUT2D eigenvalue weighted by Crippen LogP contribution is -2.26. The standard InChI is InChI=1S/C26H26N4OS2/c1-19-11-13-22(14-12-19)30-24(16-27-25(31)18-32-23-9-4-3-5-10-23)28-29-26(30)33-17-21-8-6-7-20(2)15-21/h3-15H,16-18H2,1-2H3,(H,27,31). The Morgan fingerprint density at radius 1 is 0.879 bits per heavy atom. The Bertz CT molecular complexity index is 1210. The molecule has 7 heteroatoms. The van der Waals surface area contributed by atoms with E-state index in [2.05, 4.69) is 77.9 Å². The van der Waals surface area contributed by atoms with Crippen molar-refractivity contribution < 1.29 is 4.79 Å². The first-order valence-corrected chi connectivity index (χ1v) is 12.7. The molecule has 0 unspecified atom stereocenters. The predicted octanol–water partition coefficient (Wildman–Crippen LogP) is 5.58. The van der Waals surface area contributed by atoms with Crippen LogP contribution in [0.1, 0.15) is 22.5 Å². The van der Waals surface area contributed by atoms with E-state index in [1.807, 2.05) is 34.9 Å². The minimum Gasteiger partial charge on any atom is -0.348 e. The van der Waals surface area contributed by atoms with E-state index in [-0.39, 0.29) is 5.91 Å². The molecule has 0 spiro atoms. The zero-order valence-corrected chi connectivity index (χ0v) is 20.3. The second-order valence-electron chi connectivity index (χ2n) is 7.73. The largest absolute Gasteiger partial charge is 0.348 e. The first kappa shape index (κ1) is 23.1. The molecule has 0 atom stereocenters.